The molecule has 0 amide bonds. The highest BCUT2D eigenvalue weighted by Gasteiger charge is 2.23. The molecule has 1 saturated heterocycles. The van der Waals surface area contributed by atoms with Crippen LogP contribution in [0.4, 0.5) is 11.1 Å². The van der Waals surface area contributed by atoms with Crippen LogP contribution in [-0.2, 0) is 7.05 Å². The third-order valence-corrected chi connectivity index (χ3v) is 5.21. The quantitative estimate of drug-likeness (QED) is 0.794. The Kier molecular flexibility index (Phi) is 3.60. The SMILES string of the molecule is Cc1nn(C)c2nc(NC3CCCN(c4ncccn4)C3)sc12. The van der Waals surface area contributed by atoms with Gasteiger partial charge in [-0.25, -0.2) is 19.6 Å². The van der Waals surface area contributed by atoms with E-state index in [2.05, 4.69) is 30.3 Å². The number of piperidine rings is 1. The van der Waals surface area contributed by atoms with Crippen molar-refractivity contribution in [3.63, 3.8) is 0 Å². The van der Waals surface area contributed by atoms with Crippen LogP contribution in [0.5, 0.6) is 0 Å². The maximum atomic E-state index is 4.68. The van der Waals surface area contributed by atoms with E-state index in [0.717, 1.165) is 53.1 Å². The molecule has 0 aliphatic carbocycles. The number of aryl methyl sites for hydroxylation is 2. The number of hydrogen-bond acceptors (Lipinski definition) is 7. The van der Waals surface area contributed by atoms with Gasteiger partial charge in [0.1, 0.15) is 0 Å². The maximum absolute atomic E-state index is 4.68. The third kappa shape index (κ3) is 2.74. The summed E-state index contributed by atoms with van der Waals surface area (Å²) in [5, 5.41) is 8.95. The molecule has 7 nitrogen and oxygen atoms in total. The number of hydrogen-bond donors (Lipinski definition) is 1. The lowest BCUT2D eigenvalue weighted by atomic mass is 10.1. The molecular weight excluding hydrogens is 310 g/mol. The van der Waals surface area contributed by atoms with Gasteiger partial charge in [-0.05, 0) is 25.8 Å². The van der Waals surface area contributed by atoms with Crippen molar-refractivity contribution in [2.45, 2.75) is 25.8 Å². The van der Waals surface area contributed by atoms with Crippen molar-refractivity contribution in [1.29, 1.82) is 0 Å². The lowest BCUT2D eigenvalue weighted by molar-refractivity contribution is 0.522. The lowest BCUT2D eigenvalue weighted by Crippen LogP contribution is -2.42. The summed E-state index contributed by atoms with van der Waals surface area (Å²) in [4.78, 5) is 15.6. The zero-order valence-electron chi connectivity index (χ0n) is 13.2. The summed E-state index contributed by atoms with van der Waals surface area (Å²) in [6.45, 7) is 3.93. The third-order valence-electron chi connectivity index (χ3n) is 4.13. The van der Waals surface area contributed by atoms with Crippen LogP contribution in [0, 0.1) is 6.92 Å². The largest absolute Gasteiger partial charge is 0.357 e. The minimum atomic E-state index is 0.362. The first kappa shape index (κ1) is 14.4. The molecule has 120 valence electrons. The number of anilines is 2. The number of rotatable bonds is 3. The molecule has 1 unspecified atom stereocenters. The highest BCUT2D eigenvalue weighted by atomic mass is 32.1. The van der Waals surface area contributed by atoms with Gasteiger partial charge >= 0.3 is 0 Å². The summed E-state index contributed by atoms with van der Waals surface area (Å²) < 4.78 is 3.01. The van der Waals surface area contributed by atoms with Gasteiger partial charge in [-0.1, -0.05) is 11.3 Å². The second-order valence-electron chi connectivity index (χ2n) is 5.86. The van der Waals surface area contributed by atoms with Crippen LogP contribution in [0.15, 0.2) is 18.5 Å². The van der Waals surface area contributed by atoms with Crippen molar-refractivity contribution < 1.29 is 0 Å². The van der Waals surface area contributed by atoms with E-state index in [4.69, 9.17) is 0 Å². The molecule has 1 aliphatic heterocycles. The highest BCUT2D eigenvalue weighted by Crippen LogP contribution is 2.29. The molecule has 4 heterocycles. The average molecular weight is 329 g/mol. The minimum absolute atomic E-state index is 0.362. The predicted octanol–water partition coefficient (Wildman–Crippen LogP) is 2.21. The van der Waals surface area contributed by atoms with Crippen molar-refractivity contribution in [1.82, 2.24) is 24.7 Å². The van der Waals surface area contributed by atoms with Gasteiger partial charge in [-0.2, -0.15) is 5.10 Å². The van der Waals surface area contributed by atoms with Gasteiger partial charge in [0.05, 0.1) is 10.4 Å². The Morgan fingerprint density at radius 3 is 2.91 bits per heavy atom. The van der Waals surface area contributed by atoms with Crippen molar-refractivity contribution in [2.24, 2.45) is 7.05 Å². The van der Waals surface area contributed by atoms with Crippen LogP contribution >= 0.6 is 11.3 Å². The van der Waals surface area contributed by atoms with Crippen LogP contribution in [0.1, 0.15) is 18.5 Å². The van der Waals surface area contributed by atoms with E-state index >= 15 is 0 Å². The fourth-order valence-corrected chi connectivity index (χ4v) is 4.06. The number of nitrogens with zero attached hydrogens (tertiary/aromatic N) is 6. The molecule has 0 bridgehead atoms. The molecule has 23 heavy (non-hydrogen) atoms. The van der Waals surface area contributed by atoms with Gasteiger partial charge in [0.25, 0.3) is 0 Å². The molecule has 0 spiro atoms. The van der Waals surface area contributed by atoms with Crippen LogP contribution in [0.2, 0.25) is 0 Å². The van der Waals surface area contributed by atoms with Gasteiger partial charge < -0.3 is 10.2 Å². The Bertz CT molecular complexity index is 775. The van der Waals surface area contributed by atoms with Crippen molar-refractivity contribution in [3.8, 4) is 0 Å². The molecule has 0 saturated carbocycles. The van der Waals surface area contributed by atoms with E-state index in [1.54, 1.807) is 23.7 Å². The summed E-state index contributed by atoms with van der Waals surface area (Å²) in [5.74, 6) is 0.809. The fraction of sp³-hybridized carbons (Fsp3) is 0.467. The predicted molar refractivity (Wildman–Crippen MR) is 92.0 cm³/mol. The smallest absolute Gasteiger partial charge is 0.225 e. The molecule has 0 aromatic carbocycles. The van der Waals surface area contributed by atoms with E-state index in [1.807, 2.05) is 24.7 Å². The first-order valence-corrected chi connectivity index (χ1v) is 8.61. The van der Waals surface area contributed by atoms with Crippen LogP contribution in [0.3, 0.4) is 0 Å². The molecule has 1 aliphatic rings. The van der Waals surface area contributed by atoms with E-state index in [-0.39, 0.29) is 0 Å². The van der Waals surface area contributed by atoms with E-state index < -0.39 is 0 Å². The number of thiazole rings is 1. The second-order valence-corrected chi connectivity index (χ2v) is 6.86. The van der Waals surface area contributed by atoms with Gasteiger partial charge in [-0.3, -0.25) is 0 Å². The molecular formula is C15H19N7S. The number of nitrogens with one attached hydrogen (secondary N) is 1. The molecule has 1 N–H and O–H groups in total. The highest BCUT2D eigenvalue weighted by molar-refractivity contribution is 7.22. The van der Waals surface area contributed by atoms with Gasteiger partial charge in [0.2, 0.25) is 5.95 Å². The topological polar surface area (TPSA) is 71.8 Å². The lowest BCUT2D eigenvalue weighted by Gasteiger charge is -2.32. The summed E-state index contributed by atoms with van der Waals surface area (Å²) >= 11 is 1.68. The Morgan fingerprint density at radius 2 is 2.13 bits per heavy atom. The Morgan fingerprint density at radius 1 is 1.30 bits per heavy atom. The average Bonchev–Trinajstić information content (AvgIpc) is 3.10. The molecule has 0 radical (unpaired) electrons. The standard InChI is InChI=1S/C15H19N7S/c1-10-12-13(21(2)20-10)19-15(23-12)18-11-5-3-8-22(9-11)14-16-6-4-7-17-14/h4,6-7,11H,3,5,8-9H2,1-2H3,(H,18,19). The first-order valence-electron chi connectivity index (χ1n) is 7.79. The summed E-state index contributed by atoms with van der Waals surface area (Å²) in [6.07, 6.45) is 5.85. The second kappa shape index (κ2) is 5.77. The Labute approximate surface area is 138 Å². The van der Waals surface area contributed by atoms with Crippen LogP contribution in [-0.4, -0.2) is 43.9 Å². The Hall–Kier alpha value is -2.22. The summed E-state index contributed by atoms with van der Waals surface area (Å²) in [6, 6.07) is 2.21. The van der Waals surface area contributed by atoms with Gasteiger partial charge in [0.15, 0.2) is 10.8 Å². The summed E-state index contributed by atoms with van der Waals surface area (Å²) in [5.41, 5.74) is 1.99. The van der Waals surface area contributed by atoms with E-state index in [1.165, 1.54) is 0 Å². The molecule has 3 aromatic heterocycles. The van der Waals surface area contributed by atoms with Crippen molar-refractivity contribution in [2.75, 3.05) is 23.3 Å². The first-order chi connectivity index (χ1) is 11.2. The monoisotopic (exact) mass is 329 g/mol. The van der Waals surface area contributed by atoms with Crippen LogP contribution in [0.25, 0.3) is 10.3 Å². The van der Waals surface area contributed by atoms with E-state index in [9.17, 15) is 0 Å². The zero-order chi connectivity index (χ0) is 15.8. The van der Waals surface area contributed by atoms with E-state index in [0.29, 0.717) is 6.04 Å². The van der Waals surface area contributed by atoms with Crippen LogP contribution < -0.4 is 10.2 Å². The van der Waals surface area contributed by atoms with Crippen molar-refractivity contribution in [3.05, 3.63) is 24.2 Å². The maximum Gasteiger partial charge on any atom is 0.225 e. The molecule has 3 aromatic rings. The zero-order valence-corrected chi connectivity index (χ0v) is 14.0. The molecule has 1 atom stereocenters. The number of fused-ring (bicyclic) bond motifs is 1. The summed E-state index contributed by atoms with van der Waals surface area (Å²) in [7, 11) is 1.94. The molecule has 8 heteroatoms. The fourth-order valence-electron chi connectivity index (χ4n) is 3.05. The molecule has 4 rings (SSSR count). The molecule has 1 fully saturated rings. The van der Waals surface area contributed by atoms with Gasteiger partial charge in [0, 0.05) is 38.6 Å². The normalized spacial score (nSPS) is 18.5. The number of aromatic nitrogens is 5. The van der Waals surface area contributed by atoms with Gasteiger partial charge in [-0.15, -0.1) is 0 Å². The minimum Gasteiger partial charge on any atom is -0.357 e. The Balaban J connectivity index is 1.50. The van der Waals surface area contributed by atoms with Crippen molar-refractivity contribution >= 4 is 32.8 Å².